The van der Waals surface area contributed by atoms with Crippen LogP contribution in [0.5, 0.6) is 0 Å². The number of carbonyl (C=O) groups is 1. The average molecular weight is 299 g/mol. The van der Waals surface area contributed by atoms with Gasteiger partial charge in [-0.3, -0.25) is 4.79 Å². The van der Waals surface area contributed by atoms with Crippen molar-refractivity contribution in [3.63, 3.8) is 0 Å². The third-order valence-corrected chi connectivity index (χ3v) is 4.01. The zero-order valence-electron chi connectivity index (χ0n) is 12.1. The van der Waals surface area contributed by atoms with E-state index in [-0.39, 0.29) is 12.5 Å². The molecular weight excluding hydrogens is 282 g/mol. The van der Waals surface area contributed by atoms with Gasteiger partial charge >= 0.3 is 0 Å². The van der Waals surface area contributed by atoms with Crippen molar-refractivity contribution in [2.45, 2.75) is 20.3 Å². The summed E-state index contributed by atoms with van der Waals surface area (Å²) in [4.78, 5) is 13.7. The van der Waals surface area contributed by atoms with E-state index in [0.29, 0.717) is 11.3 Å². The summed E-state index contributed by atoms with van der Waals surface area (Å²) in [6, 6.07) is 9.54. The summed E-state index contributed by atoms with van der Waals surface area (Å²) in [5, 5.41) is 11.6. The minimum Gasteiger partial charge on any atom is -0.395 e. The van der Waals surface area contributed by atoms with Crippen LogP contribution in [0.25, 0.3) is 0 Å². The molecule has 21 heavy (non-hydrogen) atoms. The first-order valence-corrected chi connectivity index (χ1v) is 7.50. The molecule has 0 aliphatic heterocycles. The molecule has 0 aliphatic rings. The highest BCUT2D eigenvalue weighted by atomic mass is 32.1. The molecule has 2 rings (SSSR count). The number of rotatable bonds is 3. The number of thiophene rings is 1. The molecule has 2 aromatic rings. The summed E-state index contributed by atoms with van der Waals surface area (Å²) in [6.45, 7) is 3.97. The maximum Gasteiger partial charge on any atom is 0.265 e. The third-order valence-electron chi connectivity index (χ3n) is 2.86. The van der Waals surface area contributed by atoms with Gasteiger partial charge in [0.05, 0.1) is 16.4 Å². The molecule has 0 unspecified atom stereocenters. The van der Waals surface area contributed by atoms with Crippen LogP contribution in [0.15, 0.2) is 30.3 Å². The fourth-order valence-corrected chi connectivity index (χ4v) is 2.77. The van der Waals surface area contributed by atoms with Crippen molar-refractivity contribution in [1.29, 1.82) is 0 Å². The van der Waals surface area contributed by atoms with Crippen molar-refractivity contribution in [2.24, 2.45) is 0 Å². The molecule has 0 saturated carbocycles. The Bertz CT molecular complexity index is 707. The van der Waals surface area contributed by atoms with Crippen molar-refractivity contribution >= 4 is 22.9 Å². The number of anilines is 1. The number of hydrogen-bond acceptors (Lipinski definition) is 3. The van der Waals surface area contributed by atoms with Crippen molar-refractivity contribution in [3.05, 3.63) is 51.2 Å². The molecule has 4 heteroatoms. The van der Waals surface area contributed by atoms with Crippen molar-refractivity contribution in [2.75, 3.05) is 11.9 Å². The van der Waals surface area contributed by atoms with Crippen molar-refractivity contribution in [1.82, 2.24) is 0 Å². The lowest BCUT2D eigenvalue weighted by Gasteiger charge is -2.03. The van der Waals surface area contributed by atoms with E-state index in [4.69, 9.17) is 5.11 Å². The summed E-state index contributed by atoms with van der Waals surface area (Å²) in [6.07, 6.45) is 0.447. The van der Waals surface area contributed by atoms with Gasteiger partial charge in [-0.05, 0) is 43.2 Å². The molecule has 1 aromatic heterocycles. The zero-order valence-corrected chi connectivity index (χ0v) is 12.9. The zero-order chi connectivity index (χ0) is 15.2. The van der Waals surface area contributed by atoms with Crippen LogP contribution >= 0.6 is 11.3 Å². The highest BCUT2D eigenvalue weighted by Crippen LogP contribution is 2.22. The lowest BCUT2D eigenvalue weighted by atomic mass is 10.2. The highest BCUT2D eigenvalue weighted by Gasteiger charge is 2.11. The van der Waals surface area contributed by atoms with Crippen LogP contribution in [0.1, 0.15) is 32.1 Å². The van der Waals surface area contributed by atoms with E-state index in [9.17, 15) is 4.79 Å². The van der Waals surface area contributed by atoms with Crippen LogP contribution < -0.4 is 5.32 Å². The quantitative estimate of drug-likeness (QED) is 0.854. The maximum absolute atomic E-state index is 12.2. The lowest BCUT2D eigenvalue weighted by molar-refractivity contribution is 0.103. The van der Waals surface area contributed by atoms with Crippen molar-refractivity contribution in [3.8, 4) is 11.8 Å². The monoisotopic (exact) mass is 299 g/mol. The molecule has 0 bridgehead atoms. The van der Waals surface area contributed by atoms with E-state index in [0.717, 1.165) is 21.7 Å². The van der Waals surface area contributed by atoms with Gasteiger partial charge in [-0.25, -0.2) is 0 Å². The molecule has 1 amide bonds. The first-order chi connectivity index (χ1) is 10.1. The molecule has 0 fully saturated rings. The third kappa shape index (κ3) is 4.19. The van der Waals surface area contributed by atoms with Gasteiger partial charge in [-0.2, -0.15) is 0 Å². The summed E-state index contributed by atoms with van der Waals surface area (Å²) in [7, 11) is 0. The van der Waals surface area contributed by atoms with Crippen molar-refractivity contribution < 1.29 is 9.90 Å². The fourth-order valence-electron chi connectivity index (χ4n) is 1.83. The average Bonchev–Trinajstić information content (AvgIpc) is 2.81. The number of nitrogens with one attached hydrogen (secondary N) is 1. The van der Waals surface area contributed by atoms with Gasteiger partial charge in [0.2, 0.25) is 0 Å². The Labute approximate surface area is 128 Å². The summed E-state index contributed by atoms with van der Waals surface area (Å²) < 4.78 is 0. The van der Waals surface area contributed by atoms with Gasteiger partial charge in [-0.1, -0.05) is 24.0 Å². The smallest absolute Gasteiger partial charge is 0.265 e. The Balaban J connectivity index is 2.13. The van der Waals surface area contributed by atoms with Gasteiger partial charge in [0.1, 0.15) is 0 Å². The second kappa shape index (κ2) is 7.07. The molecule has 2 N–H and O–H groups in total. The Kier molecular flexibility index (Phi) is 5.15. The first kappa shape index (κ1) is 15.3. The Morgan fingerprint density at radius 2 is 2.14 bits per heavy atom. The number of amides is 1. The number of aliphatic hydroxyl groups is 1. The molecule has 1 heterocycles. The number of aryl methyl sites for hydroxylation is 2. The van der Waals surface area contributed by atoms with Crippen LogP contribution in [0.2, 0.25) is 0 Å². The molecule has 0 spiro atoms. The van der Waals surface area contributed by atoms with E-state index in [2.05, 4.69) is 17.2 Å². The maximum atomic E-state index is 12.2. The number of aliphatic hydroxyl groups excluding tert-OH is 1. The van der Waals surface area contributed by atoms with Gasteiger partial charge in [0.15, 0.2) is 0 Å². The van der Waals surface area contributed by atoms with Gasteiger partial charge in [-0.15, -0.1) is 11.3 Å². The standard InChI is InChI=1S/C17H17NO2S/c1-12-6-5-7-14(10-12)18-17(20)16-11-13(2)15(21-16)8-3-4-9-19/h5-7,10-11,19H,4,9H2,1-2H3,(H,18,20). The Morgan fingerprint density at radius 3 is 2.86 bits per heavy atom. The molecule has 0 atom stereocenters. The SMILES string of the molecule is Cc1cccc(NC(=O)c2cc(C)c(C#CCCO)s2)c1. The summed E-state index contributed by atoms with van der Waals surface area (Å²) >= 11 is 1.37. The predicted molar refractivity (Wildman–Crippen MR) is 86.8 cm³/mol. The highest BCUT2D eigenvalue weighted by molar-refractivity contribution is 7.14. The molecule has 108 valence electrons. The lowest BCUT2D eigenvalue weighted by Crippen LogP contribution is -2.10. The largest absolute Gasteiger partial charge is 0.395 e. The number of carbonyl (C=O) groups excluding carboxylic acids is 1. The van der Waals surface area contributed by atoms with Crippen LogP contribution in [0.4, 0.5) is 5.69 Å². The second-order valence-corrected chi connectivity index (χ2v) is 5.77. The summed E-state index contributed by atoms with van der Waals surface area (Å²) in [5.74, 6) is 5.75. The Morgan fingerprint density at radius 1 is 1.33 bits per heavy atom. The molecule has 3 nitrogen and oxygen atoms in total. The molecule has 1 aromatic carbocycles. The minimum atomic E-state index is -0.121. The molecular formula is C17H17NO2S. The minimum absolute atomic E-state index is 0.0537. The van der Waals surface area contributed by atoms with Gasteiger partial charge in [0.25, 0.3) is 5.91 Å². The molecule has 0 saturated heterocycles. The first-order valence-electron chi connectivity index (χ1n) is 6.68. The second-order valence-electron chi connectivity index (χ2n) is 4.72. The number of benzene rings is 1. The van der Waals surface area contributed by atoms with Crippen LogP contribution in [0.3, 0.4) is 0 Å². The number of hydrogen-bond donors (Lipinski definition) is 2. The van der Waals surface area contributed by atoms with E-state index >= 15 is 0 Å². The van der Waals surface area contributed by atoms with Gasteiger partial charge < -0.3 is 10.4 Å². The van der Waals surface area contributed by atoms with E-state index < -0.39 is 0 Å². The van der Waals surface area contributed by atoms with Gasteiger partial charge in [0, 0.05) is 12.1 Å². The van der Waals surface area contributed by atoms with Crippen LogP contribution in [0, 0.1) is 25.7 Å². The predicted octanol–water partition coefficient (Wildman–Crippen LogP) is 3.35. The molecule has 0 aliphatic carbocycles. The van der Waals surface area contributed by atoms with E-state index in [1.165, 1.54) is 11.3 Å². The van der Waals surface area contributed by atoms with E-state index in [1.54, 1.807) is 0 Å². The van der Waals surface area contributed by atoms with Crippen LogP contribution in [-0.2, 0) is 0 Å². The fraction of sp³-hybridized carbons (Fsp3) is 0.235. The van der Waals surface area contributed by atoms with Crippen LogP contribution in [-0.4, -0.2) is 17.6 Å². The van der Waals surface area contributed by atoms with E-state index in [1.807, 2.05) is 44.2 Å². The normalized spacial score (nSPS) is 9.86. The molecule has 0 radical (unpaired) electrons. The Hall–Kier alpha value is -2.09. The topological polar surface area (TPSA) is 49.3 Å². The summed E-state index contributed by atoms with van der Waals surface area (Å²) in [5.41, 5.74) is 2.88.